The maximum absolute atomic E-state index is 4.33. The van der Waals surface area contributed by atoms with E-state index in [0.29, 0.717) is 0 Å². The first kappa shape index (κ1) is 10.0. The van der Waals surface area contributed by atoms with E-state index in [1.807, 2.05) is 0 Å². The van der Waals surface area contributed by atoms with Gasteiger partial charge in [-0.2, -0.15) is 0 Å². The second-order valence-corrected chi connectivity index (χ2v) is 6.56. The molecule has 0 bridgehead atoms. The van der Waals surface area contributed by atoms with Crippen molar-refractivity contribution in [3.8, 4) is 0 Å². The Kier molecular flexibility index (Phi) is 11.9. The third-order valence-corrected chi connectivity index (χ3v) is 0. The van der Waals surface area contributed by atoms with Gasteiger partial charge in [-0.15, -0.1) is 0 Å². The molecule has 0 aliphatic heterocycles. The van der Waals surface area contributed by atoms with Crippen LogP contribution in [0.25, 0.3) is 0 Å². The third kappa shape index (κ3) is 24.7. The van der Waals surface area contributed by atoms with Crippen LogP contribution in [0.1, 0.15) is 0 Å². The molecule has 0 fully saturated rings. The molecule has 0 heterocycles. The van der Waals surface area contributed by atoms with Gasteiger partial charge in [-0.3, -0.25) is 0 Å². The predicted molar refractivity (Wildman–Crippen MR) is 22.8 cm³/mol. The topological polar surface area (TPSA) is 0 Å². The third-order valence-electron chi connectivity index (χ3n) is 0. The Hall–Kier alpha value is 1.92. The molecular weight excluding hydrogens is 349 g/mol. The number of hydrogen-bond acceptors (Lipinski definition) is 3. The fourth-order valence-corrected chi connectivity index (χ4v) is 0. The van der Waals surface area contributed by atoms with Crippen molar-refractivity contribution in [2.45, 2.75) is 0 Å². The maximum atomic E-state index is 4.33. The van der Waals surface area contributed by atoms with Crippen molar-refractivity contribution in [2.24, 2.45) is 0 Å². The Balaban J connectivity index is 0. The zero-order valence-electron chi connectivity index (χ0n) is 1.88. The van der Waals surface area contributed by atoms with Crippen LogP contribution >= 0.6 is 31.7 Å². The van der Waals surface area contributed by atoms with Crippen LogP contribution in [0.4, 0.5) is 0 Å². The first-order chi connectivity index (χ1) is 1.73. The Morgan fingerprint density at radius 3 is 1.00 bits per heavy atom. The van der Waals surface area contributed by atoms with Crippen LogP contribution in [0, 0.1) is 0 Å². The average Bonchev–Trinajstić information content (AvgIpc) is 0.811. The van der Waals surface area contributed by atoms with Gasteiger partial charge in [-0.1, -0.05) is 0 Å². The molecule has 0 rings (SSSR count). The molecule has 0 atom stereocenters. The van der Waals surface area contributed by atoms with E-state index in [0.717, 1.165) is 0 Å². The fraction of sp³-hybridized carbons (Fsp3) is 0. The molecular formula is AuFeS3. The summed E-state index contributed by atoms with van der Waals surface area (Å²) < 4.78 is 0. The van der Waals surface area contributed by atoms with Crippen molar-refractivity contribution in [3.05, 3.63) is 0 Å². The molecule has 0 aromatic rings. The van der Waals surface area contributed by atoms with Crippen molar-refractivity contribution >= 4 is 31.7 Å². The summed E-state index contributed by atoms with van der Waals surface area (Å²) in [5, 5.41) is 0. The van der Waals surface area contributed by atoms with Crippen LogP contribution in [0.3, 0.4) is 0 Å². The van der Waals surface area contributed by atoms with Gasteiger partial charge in [0.05, 0.1) is 0 Å². The van der Waals surface area contributed by atoms with Crippen LogP contribution in [-0.4, -0.2) is 0 Å². The van der Waals surface area contributed by atoms with Gasteiger partial charge in [-0.25, -0.2) is 0 Å². The molecule has 0 saturated heterocycles. The van der Waals surface area contributed by atoms with Crippen molar-refractivity contribution in [1.82, 2.24) is 0 Å². The second-order valence-electron chi connectivity index (χ2n) is 0.177. The first-order valence-corrected chi connectivity index (χ1v) is 5.36. The zero-order valence-corrected chi connectivity index (χ0v) is 7.60. The van der Waals surface area contributed by atoms with Crippen LogP contribution in [0.15, 0.2) is 0 Å². The summed E-state index contributed by atoms with van der Waals surface area (Å²) in [6.07, 6.45) is 0. The molecule has 0 spiro atoms. The van der Waals surface area contributed by atoms with E-state index in [1.165, 1.54) is 0 Å². The Labute approximate surface area is 62.3 Å². The van der Waals surface area contributed by atoms with E-state index in [-0.39, 0.29) is 22.4 Å². The van der Waals surface area contributed by atoms with E-state index < -0.39 is 9.01 Å². The molecule has 0 saturated carbocycles. The van der Waals surface area contributed by atoms with Gasteiger partial charge in [-0.05, 0) is 0 Å². The molecule has 0 N–H and O–H groups in total. The first-order valence-electron chi connectivity index (χ1n) is 0.433. The number of rotatable bonds is 0. The summed E-state index contributed by atoms with van der Waals surface area (Å²) in [6.45, 7) is 0. The van der Waals surface area contributed by atoms with Crippen molar-refractivity contribution in [3.63, 3.8) is 0 Å². The van der Waals surface area contributed by atoms with Gasteiger partial charge in [0.25, 0.3) is 0 Å². The predicted octanol–water partition coefficient (Wildman–Crippen LogP) is 1.94. The van der Waals surface area contributed by atoms with E-state index in [4.69, 9.17) is 0 Å². The van der Waals surface area contributed by atoms with Gasteiger partial charge in [0.15, 0.2) is 0 Å². The molecule has 0 aliphatic rings. The Bertz CT molecular complexity index is 76.3. The summed E-state index contributed by atoms with van der Waals surface area (Å²) in [5.74, 6) is 0. The van der Waals surface area contributed by atoms with Crippen molar-refractivity contribution in [1.29, 1.82) is 0 Å². The van der Waals surface area contributed by atoms with Crippen LogP contribution in [0.5, 0.6) is 0 Å². The van der Waals surface area contributed by atoms with Gasteiger partial charge in [0, 0.05) is 22.4 Å². The summed E-state index contributed by atoms with van der Waals surface area (Å²) in [6, 6.07) is 0. The Morgan fingerprint density at radius 1 is 1.00 bits per heavy atom. The summed E-state index contributed by atoms with van der Waals surface area (Å²) >= 11 is 0. The molecule has 0 unspecified atom stereocenters. The normalized spacial score (nSPS) is 6.60. The summed E-state index contributed by atoms with van der Waals surface area (Å²) in [4.78, 5) is 0. The summed E-state index contributed by atoms with van der Waals surface area (Å²) in [5.41, 5.74) is 0. The molecule has 0 aromatic heterocycles. The van der Waals surface area contributed by atoms with Crippen LogP contribution < -0.4 is 0 Å². The average molecular weight is 349 g/mol. The SMILES string of the molecule is [Au].[S]=[Fe](=[S])=[S]. The van der Waals surface area contributed by atoms with E-state index in [1.54, 1.807) is 0 Å². The van der Waals surface area contributed by atoms with E-state index in [2.05, 4.69) is 31.7 Å². The zero-order chi connectivity index (χ0) is 3.58. The molecule has 0 aliphatic carbocycles. The monoisotopic (exact) mass is 349 g/mol. The second kappa shape index (κ2) is 5.92. The van der Waals surface area contributed by atoms with Crippen molar-refractivity contribution in [2.75, 3.05) is 0 Å². The van der Waals surface area contributed by atoms with Crippen LogP contribution in [-0.2, 0) is 31.4 Å². The minimum absolute atomic E-state index is 0. The van der Waals surface area contributed by atoms with Crippen LogP contribution in [0.2, 0.25) is 0 Å². The van der Waals surface area contributed by atoms with E-state index in [9.17, 15) is 0 Å². The fourth-order valence-electron chi connectivity index (χ4n) is 0. The van der Waals surface area contributed by atoms with Gasteiger partial charge < -0.3 is 0 Å². The van der Waals surface area contributed by atoms with Gasteiger partial charge in [0.2, 0.25) is 0 Å². The quantitative estimate of drug-likeness (QED) is 0.614. The van der Waals surface area contributed by atoms with Gasteiger partial charge in [0.1, 0.15) is 0 Å². The molecule has 5 heavy (non-hydrogen) atoms. The number of hydrogen-bond donors (Lipinski definition) is 0. The standard InChI is InChI=1S/Au.Fe.3S. The molecule has 0 amide bonds. The summed E-state index contributed by atoms with van der Waals surface area (Å²) in [7, 11) is 12.0. The molecule has 5 heteroatoms. The van der Waals surface area contributed by atoms with E-state index >= 15 is 0 Å². The molecule has 0 aromatic carbocycles. The van der Waals surface area contributed by atoms with Gasteiger partial charge >= 0.3 is 40.7 Å². The van der Waals surface area contributed by atoms with Crippen molar-refractivity contribution < 1.29 is 31.4 Å². The molecule has 37 valence electrons. The molecule has 0 nitrogen and oxygen atoms in total. The molecule has 1 radical (unpaired) electrons. The Morgan fingerprint density at radius 2 is 1.00 bits per heavy atom. The minimum atomic E-state index is -1.00.